The standard InChI is InChI=1S/C45H89NO4/c1-3-5-7-9-11-13-15-16-17-18-19-20-21-22-23-24-25-26-27-28-29-30-32-34-36-38-40-44(49)45(50)46-42(41-47)43(48)39-37-35-33-31-14-12-10-8-6-4-2/h37,39,42-44,47-49H,3-36,38,40-41H2,1-2H3,(H,46,50)/b39-37+. The normalized spacial score (nSPS) is 13.6. The Labute approximate surface area is 312 Å². The summed E-state index contributed by atoms with van der Waals surface area (Å²) in [7, 11) is 0. The molecular weight excluding hydrogens is 618 g/mol. The molecule has 4 N–H and O–H groups in total. The summed E-state index contributed by atoms with van der Waals surface area (Å²) in [5, 5.41) is 33.0. The second-order valence-electron chi connectivity index (χ2n) is 15.6. The molecule has 1 amide bonds. The van der Waals surface area contributed by atoms with Crippen LogP contribution in [0.15, 0.2) is 12.2 Å². The highest BCUT2D eigenvalue weighted by atomic mass is 16.3. The number of carbonyl (C=O) groups is 1. The van der Waals surface area contributed by atoms with E-state index in [0.717, 1.165) is 32.1 Å². The van der Waals surface area contributed by atoms with E-state index in [1.165, 1.54) is 193 Å². The third-order valence-corrected chi connectivity index (χ3v) is 10.6. The number of nitrogens with one attached hydrogen (secondary N) is 1. The Bertz CT molecular complexity index is 699. The molecule has 0 aliphatic carbocycles. The molecule has 0 spiro atoms. The molecule has 298 valence electrons. The van der Waals surface area contributed by atoms with Gasteiger partial charge in [-0.2, -0.15) is 0 Å². The third-order valence-electron chi connectivity index (χ3n) is 10.6. The summed E-state index contributed by atoms with van der Waals surface area (Å²) in [6, 6.07) is -0.791. The summed E-state index contributed by atoms with van der Waals surface area (Å²) >= 11 is 0. The molecule has 0 aliphatic rings. The largest absolute Gasteiger partial charge is 0.394 e. The molecule has 0 saturated heterocycles. The van der Waals surface area contributed by atoms with Crippen LogP contribution in [-0.2, 0) is 4.79 Å². The Balaban J connectivity index is 3.52. The first-order chi connectivity index (χ1) is 24.6. The van der Waals surface area contributed by atoms with Gasteiger partial charge in [0.25, 0.3) is 0 Å². The van der Waals surface area contributed by atoms with Gasteiger partial charge in [0.2, 0.25) is 5.91 Å². The van der Waals surface area contributed by atoms with Gasteiger partial charge < -0.3 is 20.6 Å². The Kier molecular flexibility index (Phi) is 40.1. The van der Waals surface area contributed by atoms with E-state index in [-0.39, 0.29) is 6.61 Å². The average molecular weight is 708 g/mol. The van der Waals surface area contributed by atoms with Gasteiger partial charge >= 0.3 is 0 Å². The summed E-state index contributed by atoms with van der Waals surface area (Å²) in [5.41, 5.74) is 0. The van der Waals surface area contributed by atoms with Crippen LogP contribution >= 0.6 is 0 Å². The van der Waals surface area contributed by atoms with Crippen molar-refractivity contribution in [3.63, 3.8) is 0 Å². The van der Waals surface area contributed by atoms with Crippen molar-refractivity contribution in [3.8, 4) is 0 Å². The predicted molar refractivity (Wildman–Crippen MR) is 218 cm³/mol. The molecule has 0 aromatic heterocycles. The van der Waals surface area contributed by atoms with Crippen LogP contribution in [0.4, 0.5) is 0 Å². The van der Waals surface area contributed by atoms with Gasteiger partial charge in [0.15, 0.2) is 0 Å². The van der Waals surface area contributed by atoms with Crippen LogP contribution in [0, 0.1) is 0 Å². The minimum absolute atomic E-state index is 0.360. The number of hydrogen-bond donors (Lipinski definition) is 4. The molecule has 0 heterocycles. The molecule has 3 unspecified atom stereocenters. The number of aliphatic hydroxyl groups excluding tert-OH is 3. The molecule has 0 bridgehead atoms. The zero-order valence-corrected chi connectivity index (χ0v) is 33.8. The minimum atomic E-state index is -1.09. The molecule has 0 rings (SSSR count). The smallest absolute Gasteiger partial charge is 0.249 e. The second kappa shape index (κ2) is 40.9. The molecule has 0 radical (unpaired) electrons. The van der Waals surface area contributed by atoms with Gasteiger partial charge in [0.05, 0.1) is 18.8 Å². The first-order valence-electron chi connectivity index (χ1n) is 22.5. The molecule has 0 saturated carbocycles. The zero-order chi connectivity index (χ0) is 36.6. The third kappa shape index (κ3) is 35.5. The summed E-state index contributed by atoms with van der Waals surface area (Å²) in [5.74, 6) is -0.501. The van der Waals surface area contributed by atoms with Crippen LogP contribution in [-0.4, -0.2) is 46.1 Å². The molecular formula is C45H89NO4. The predicted octanol–water partition coefficient (Wildman–Crippen LogP) is 12.8. The van der Waals surface area contributed by atoms with E-state index >= 15 is 0 Å². The Hall–Kier alpha value is -0.910. The number of hydrogen-bond acceptors (Lipinski definition) is 4. The van der Waals surface area contributed by atoms with Crippen LogP contribution < -0.4 is 5.32 Å². The van der Waals surface area contributed by atoms with E-state index in [1.807, 2.05) is 6.08 Å². The molecule has 5 nitrogen and oxygen atoms in total. The van der Waals surface area contributed by atoms with Gasteiger partial charge in [0.1, 0.15) is 6.10 Å². The van der Waals surface area contributed by atoms with Crippen LogP contribution in [0.3, 0.4) is 0 Å². The molecule has 50 heavy (non-hydrogen) atoms. The van der Waals surface area contributed by atoms with Crippen molar-refractivity contribution in [3.05, 3.63) is 12.2 Å². The van der Waals surface area contributed by atoms with Crippen LogP contribution in [0.5, 0.6) is 0 Å². The van der Waals surface area contributed by atoms with E-state index in [9.17, 15) is 20.1 Å². The van der Waals surface area contributed by atoms with Gasteiger partial charge in [-0.1, -0.05) is 238 Å². The fraction of sp³-hybridized carbons (Fsp3) is 0.933. The monoisotopic (exact) mass is 708 g/mol. The van der Waals surface area contributed by atoms with Gasteiger partial charge in [-0.3, -0.25) is 4.79 Å². The summed E-state index contributed by atoms with van der Waals surface area (Å²) in [6.07, 6.45) is 48.4. The number of amides is 1. The van der Waals surface area contributed by atoms with E-state index in [4.69, 9.17) is 0 Å². The molecule has 3 atom stereocenters. The van der Waals surface area contributed by atoms with Gasteiger partial charge in [0, 0.05) is 0 Å². The number of unbranched alkanes of at least 4 members (excludes halogenated alkanes) is 33. The van der Waals surface area contributed by atoms with E-state index in [1.54, 1.807) is 6.08 Å². The molecule has 0 fully saturated rings. The van der Waals surface area contributed by atoms with Gasteiger partial charge in [-0.15, -0.1) is 0 Å². The maximum atomic E-state index is 12.4. The van der Waals surface area contributed by atoms with E-state index < -0.39 is 24.2 Å². The fourth-order valence-electron chi connectivity index (χ4n) is 7.07. The van der Waals surface area contributed by atoms with Crippen molar-refractivity contribution in [1.29, 1.82) is 0 Å². The fourth-order valence-corrected chi connectivity index (χ4v) is 7.07. The van der Waals surface area contributed by atoms with Gasteiger partial charge in [-0.05, 0) is 19.3 Å². The highest BCUT2D eigenvalue weighted by Crippen LogP contribution is 2.17. The molecule has 0 aliphatic heterocycles. The van der Waals surface area contributed by atoms with Gasteiger partial charge in [-0.25, -0.2) is 0 Å². The minimum Gasteiger partial charge on any atom is -0.394 e. The summed E-state index contributed by atoms with van der Waals surface area (Å²) in [4.78, 5) is 12.4. The molecule has 0 aromatic rings. The van der Waals surface area contributed by atoms with Crippen molar-refractivity contribution in [1.82, 2.24) is 5.32 Å². The molecule has 5 heteroatoms. The summed E-state index contributed by atoms with van der Waals surface area (Å²) < 4.78 is 0. The molecule has 0 aromatic carbocycles. The lowest BCUT2D eigenvalue weighted by atomic mass is 10.0. The summed E-state index contributed by atoms with van der Waals surface area (Å²) in [6.45, 7) is 4.17. The van der Waals surface area contributed by atoms with Crippen LogP contribution in [0.25, 0.3) is 0 Å². The quantitative estimate of drug-likeness (QED) is 0.0376. The number of rotatable bonds is 41. The Morgan fingerprint density at radius 1 is 0.480 bits per heavy atom. The van der Waals surface area contributed by atoms with Crippen LogP contribution in [0.2, 0.25) is 0 Å². The Morgan fingerprint density at radius 2 is 0.780 bits per heavy atom. The number of aliphatic hydroxyl groups is 3. The average Bonchev–Trinajstić information content (AvgIpc) is 3.12. The second-order valence-corrected chi connectivity index (χ2v) is 15.6. The highest BCUT2D eigenvalue weighted by molar-refractivity contribution is 5.80. The van der Waals surface area contributed by atoms with Crippen molar-refractivity contribution in [2.75, 3.05) is 6.61 Å². The maximum Gasteiger partial charge on any atom is 0.249 e. The highest BCUT2D eigenvalue weighted by Gasteiger charge is 2.22. The van der Waals surface area contributed by atoms with Crippen LogP contribution in [0.1, 0.15) is 245 Å². The van der Waals surface area contributed by atoms with E-state index in [2.05, 4.69) is 19.2 Å². The van der Waals surface area contributed by atoms with Crippen molar-refractivity contribution in [2.24, 2.45) is 0 Å². The Morgan fingerprint density at radius 3 is 1.10 bits per heavy atom. The number of carbonyl (C=O) groups excluding carboxylic acids is 1. The zero-order valence-electron chi connectivity index (χ0n) is 33.8. The topological polar surface area (TPSA) is 89.8 Å². The lowest BCUT2D eigenvalue weighted by Crippen LogP contribution is -2.48. The lowest BCUT2D eigenvalue weighted by Gasteiger charge is -2.21. The number of allylic oxidation sites excluding steroid dienone is 1. The van der Waals surface area contributed by atoms with E-state index in [0.29, 0.717) is 6.42 Å². The maximum absolute atomic E-state index is 12.4. The SMILES string of the molecule is CCCCCCCCCC/C=C/C(O)C(CO)NC(=O)C(O)CCCCCCCCCCCCCCCCCCCCCCCCCCCC. The first kappa shape index (κ1) is 49.1. The van der Waals surface area contributed by atoms with Crippen molar-refractivity contribution in [2.45, 2.75) is 263 Å². The van der Waals surface area contributed by atoms with Crippen molar-refractivity contribution >= 4 is 5.91 Å². The van der Waals surface area contributed by atoms with Crippen molar-refractivity contribution < 1.29 is 20.1 Å². The first-order valence-corrected chi connectivity index (χ1v) is 22.5. The lowest BCUT2D eigenvalue weighted by molar-refractivity contribution is -0.131.